The molecule has 0 aliphatic carbocycles. The zero-order valence-corrected chi connectivity index (χ0v) is 16.6. The molecule has 1 heterocycles. The topological polar surface area (TPSA) is 51.1 Å². The number of sulfonamides is 1. The predicted octanol–water partition coefficient (Wildman–Crippen LogP) is 1.75. The van der Waals surface area contributed by atoms with Gasteiger partial charge in [0.05, 0.1) is 38.2 Å². The van der Waals surface area contributed by atoms with E-state index in [2.05, 4.69) is 13.0 Å². The summed E-state index contributed by atoms with van der Waals surface area (Å²) in [7, 11) is -1.81. The van der Waals surface area contributed by atoms with Gasteiger partial charge in [-0.1, -0.05) is 29.3 Å². The van der Waals surface area contributed by atoms with Crippen LogP contribution in [0.2, 0.25) is 5.02 Å². The predicted molar refractivity (Wildman–Crippen MR) is 102 cm³/mol. The van der Waals surface area contributed by atoms with Crippen molar-refractivity contribution in [3.05, 3.63) is 58.6 Å². The van der Waals surface area contributed by atoms with Gasteiger partial charge in [0, 0.05) is 10.6 Å². The molecular formula is C19H24ClN2O3S+. The molecule has 0 aromatic heterocycles. The summed E-state index contributed by atoms with van der Waals surface area (Å²) in [5.74, 6) is 0.886. The van der Waals surface area contributed by atoms with Crippen LogP contribution in [0.25, 0.3) is 0 Å². The van der Waals surface area contributed by atoms with Crippen molar-refractivity contribution in [2.24, 2.45) is 0 Å². The maximum atomic E-state index is 12.8. The number of piperazine rings is 1. The van der Waals surface area contributed by atoms with E-state index in [1.54, 1.807) is 29.6 Å². The van der Waals surface area contributed by atoms with Gasteiger partial charge in [0.2, 0.25) is 10.0 Å². The zero-order chi connectivity index (χ0) is 18.7. The molecule has 1 N–H and O–H groups in total. The van der Waals surface area contributed by atoms with Gasteiger partial charge in [0.25, 0.3) is 0 Å². The number of quaternary nitrogens is 1. The highest BCUT2D eigenvalue weighted by atomic mass is 35.5. The molecule has 140 valence electrons. The number of nitrogens with zero attached hydrogens (tertiary/aromatic N) is 1. The summed E-state index contributed by atoms with van der Waals surface area (Å²) in [6.45, 7) is 5.41. The third kappa shape index (κ3) is 4.20. The molecule has 3 rings (SSSR count). The molecule has 1 aliphatic rings. The lowest BCUT2D eigenvalue weighted by atomic mass is 10.1. The van der Waals surface area contributed by atoms with Gasteiger partial charge in [-0.05, 0) is 37.3 Å². The number of hydrogen-bond donors (Lipinski definition) is 1. The first-order chi connectivity index (χ1) is 12.4. The average molecular weight is 396 g/mol. The number of benzene rings is 2. The Balaban J connectivity index is 1.67. The molecule has 1 saturated heterocycles. The Kier molecular flexibility index (Phi) is 5.87. The van der Waals surface area contributed by atoms with E-state index < -0.39 is 10.0 Å². The van der Waals surface area contributed by atoms with Gasteiger partial charge in [0.1, 0.15) is 12.3 Å². The van der Waals surface area contributed by atoms with Crippen LogP contribution < -0.4 is 9.64 Å². The van der Waals surface area contributed by atoms with E-state index in [1.165, 1.54) is 16.5 Å². The molecule has 26 heavy (non-hydrogen) atoms. The van der Waals surface area contributed by atoms with Crippen molar-refractivity contribution in [1.82, 2.24) is 4.31 Å². The molecule has 0 saturated carbocycles. The second-order valence-electron chi connectivity index (χ2n) is 6.60. The molecule has 7 heteroatoms. The summed E-state index contributed by atoms with van der Waals surface area (Å²) in [6, 6.07) is 12.6. The normalized spacial score (nSPS) is 16.6. The van der Waals surface area contributed by atoms with Crippen LogP contribution >= 0.6 is 11.6 Å². The number of nitrogens with one attached hydrogen (secondary N) is 1. The Morgan fingerprint density at radius 2 is 1.88 bits per heavy atom. The molecule has 0 bridgehead atoms. The molecule has 0 atom stereocenters. The second kappa shape index (κ2) is 7.96. The monoisotopic (exact) mass is 395 g/mol. The summed E-state index contributed by atoms with van der Waals surface area (Å²) < 4.78 is 32.6. The van der Waals surface area contributed by atoms with Crippen LogP contribution in [0.3, 0.4) is 0 Å². The van der Waals surface area contributed by atoms with Crippen LogP contribution in [0, 0.1) is 6.92 Å². The van der Waals surface area contributed by atoms with Crippen molar-refractivity contribution in [3.8, 4) is 5.75 Å². The Morgan fingerprint density at radius 3 is 2.54 bits per heavy atom. The van der Waals surface area contributed by atoms with E-state index in [9.17, 15) is 8.42 Å². The van der Waals surface area contributed by atoms with Crippen molar-refractivity contribution in [1.29, 1.82) is 0 Å². The van der Waals surface area contributed by atoms with Gasteiger partial charge in [-0.3, -0.25) is 0 Å². The third-order valence-corrected chi connectivity index (χ3v) is 6.87. The smallest absolute Gasteiger partial charge is 0.243 e. The van der Waals surface area contributed by atoms with E-state index in [0.717, 1.165) is 30.9 Å². The van der Waals surface area contributed by atoms with E-state index in [0.29, 0.717) is 18.1 Å². The van der Waals surface area contributed by atoms with Crippen molar-refractivity contribution >= 4 is 21.6 Å². The molecule has 0 radical (unpaired) electrons. The lowest BCUT2D eigenvalue weighted by molar-refractivity contribution is -0.917. The van der Waals surface area contributed by atoms with Crippen molar-refractivity contribution < 1.29 is 18.1 Å². The SMILES string of the molecule is COc1ccc(C)cc1C[NH+]1CCN(S(=O)(=O)c2cccc(Cl)c2)CC1. The van der Waals surface area contributed by atoms with Crippen LogP contribution in [0.1, 0.15) is 11.1 Å². The van der Waals surface area contributed by atoms with Gasteiger partial charge in [-0.15, -0.1) is 0 Å². The molecule has 2 aromatic carbocycles. The first kappa shape index (κ1) is 19.2. The summed E-state index contributed by atoms with van der Waals surface area (Å²) >= 11 is 5.95. The largest absolute Gasteiger partial charge is 0.496 e. The number of hydrogen-bond acceptors (Lipinski definition) is 3. The highest BCUT2D eigenvalue weighted by Gasteiger charge is 2.30. The highest BCUT2D eigenvalue weighted by molar-refractivity contribution is 7.89. The van der Waals surface area contributed by atoms with Crippen LogP contribution in [-0.2, 0) is 16.6 Å². The Hall–Kier alpha value is -1.60. The molecule has 1 fully saturated rings. The standard InChI is InChI=1S/C19H23ClN2O3S/c1-15-6-7-19(25-2)16(12-15)14-21-8-10-22(11-9-21)26(23,24)18-5-3-4-17(20)13-18/h3-7,12-13H,8-11,14H2,1-2H3/p+1. The molecule has 0 unspecified atom stereocenters. The van der Waals surface area contributed by atoms with Gasteiger partial charge >= 0.3 is 0 Å². The maximum Gasteiger partial charge on any atom is 0.243 e. The summed E-state index contributed by atoms with van der Waals surface area (Å²) in [6.07, 6.45) is 0. The van der Waals surface area contributed by atoms with E-state index >= 15 is 0 Å². The van der Waals surface area contributed by atoms with Crippen molar-refractivity contribution in [2.45, 2.75) is 18.4 Å². The third-order valence-electron chi connectivity index (χ3n) is 4.74. The van der Waals surface area contributed by atoms with Crippen LogP contribution in [0.4, 0.5) is 0 Å². The Morgan fingerprint density at radius 1 is 1.15 bits per heavy atom. The second-order valence-corrected chi connectivity index (χ2v) is 8.98. The van der Waals surface area contributed by atoms with E-state index in [4.69, 9.17) is 16.3 Å². The van der Waals surface area contributed by atoms with Crippen LogP contribution in [0.15, 0.2) is 47.4 Å². The van der Waals surface area contributed by atoms with E-state index in [-0.39, 0.29) is 4.90 Å². The van der Waals surface area contributed by atoms with Crippen molar-refractivity contribution in [2.75, 3.05) is 33.3 Å². The Bertz CT molecular complexity index is 878. The molecule has 0 spiro atoms. The summed E-state index contributed by atoms with van der Waals surface area (Å²) in [5, 5.41) is 0.432. The molecule has 2 aromatic rings. The van der Waals surface area contributed by atoms with Gasteiger partial charge in [-0.25, -0.2) is 8.42 Å². The minimum Gasteiger partial charge on any atom is -0.496 e. The number of methoxy groups -OCH3 is 1. The van der Waals surface area contributed by atoms with Gasteiger partial charge in [-0.2, -0.15) is 4.31 Å². The maximum absolute atomic E-state index is 12.8. The van der Waals surface area contributed by atoms with E-state index in [1.807, 2.05) is 12.1 Å². The quantitative estimate of drug-likeness (QED) is 0.839. The summed E-state index contributed by atoms with van der Waals surface area (Å²) in [4.78, 5) is 1.61. The fraction of sp³-hybridized carbons (Fsp3) is 0.368. The molecule has 5 nitrogen and oxygen atoms in total. The minimum absolute atomic E-state index is 0.258. The molecular weight excluding hydrogens is 372 g/mol. The first-order valence-electron chi connectivity index (χ1n) is 8.63. The minimum atomic E-state index is -3.49. The first-order valence-corrected chi connectivity index (χ1v) is 10.4. The lowest BCUT2D eigenvalue weighted by Crippen LogP contribution is -3.13. The lowest BCUT2D eigenvalue weighted by Gasteiger charge is -2.31. The van der Waals surface area contributed by atoms with Crippen LogP contribution in [-0.4, -0.2) is 46.0 Å². The Labute approximate surface area is 160 Å². The average Bonchev–Trinajstić information content (AvgIpc) is 2.62. The summed E-state index contributed by atoms with van der Waals surface area (Å²) in [5.41, 5.74) is 2.36. The number of ether oxygens (including phenoxy) is 1. The highest BCUT2D eigenvalue weighted by Crippen LogP contribution is 2.20. The number of aryl methyl sites for hydroxylation is 1. The molecule has 0 amide bonds. The fourth-order valence-electron chi connectivity index (χ4n) is 3.31. The number of halogens is 1. The fourth-order valence-corrected chi connectivity index (χ4v) is 5.05. The molecule has 1 aliphatic heterocycles. The van der Waals surface area contributed by atoms with Crippen LogP contribution in [0.5, 0.6) is 5.75 Å². The van der Waals surface area contributed by atoms with Crippen molar-refractivity contribution in [3.63, 3.8) is 0 Å². The number of rotatable bonds is 5. The zero-order valence-electron chi connectivity index (χ0n) is 15.0. The van der Waals surface area contributed by atoms with Gasteiger partial charge in [0.15, 0.2) is 0 Å². The van der Waals surface area contributed by atoms with Gasteiger partial charge < -0.3 is 9.64 Å².